The number of carbonyl (C=O) groups excluding carboxylic acids is 1. The molecule has 6 heteroatoms. The van der Waals surface area contributed by atoms with Crippen LogP contribution in [0.1, 0.15) is 31.2 Å². The van der Waals surface area contributed by atoms with E-state index in [1.807, 2.05) is 30.3 Å². The Morgan fingerprint density at radius 1 is 1.12 bits per heavy atom. The van der Waals surface area contributed by atoms with E-state index in [0.717, 1.165) is 43.6 Å². The zero-order valence-electron chi connectivity index (χ0n) is 13.8. The number of rotatable bonds is 5. The largest absolute Gasteiger partial charge is 0.460 e. The predicted molar refractivity (Wildman–Crippen MR) is 92.3 cm³/mol. The van der Waals surface area contributed by atoms with Crippen LogP contribution in [0, 0.1) is 5.82 Å². The monoisotopic (exact) mass is 341 g/mol. The van der Waals surface area contributed by atoms with Gasteiger partial charge in [0.2, 0.25) is 5.91 Å². The summed E-state index contributed by atoms with van der Waals surface area (Å²) in [7, 11) is 0. The van der Waals surface area contributed by atoms with Gasteiger partial charge in [-0.05, 0) is 37.3 Å². The van der Waals surface area contributed by atoms with Gasteiger partial charge in [-0.2, -0.15) is 0 Å². The van der Waals surface area contributed by atoms with Crippen molar-refractivity contribution in [2.75, 3.05) is 0 Å². The number of carbonyl (C=O) groups is 1. The molecule has 0 unspecified atom stereocenters. The molecule has 1 aromatic carbocycles. The summed E-state index contributed by atoms with van der Waals surface area (Å²) in [5.74, 6) is -0.572. The third-order valence-corrected chi connectivity index (χ3v) is 4.12. The summed E-state index contributed by atoms with van der Waals surface area (Å²) in [6.07, 6.45) is 8.80. The average Bonchev–Trinajstić information content (AvgIpc) is 2.64. The van der Waals surface area contributed by atoms with Crippen molar-refractivity contribution in [2.24, 2.45) is 0 Å². The first-order chi connectivity index (χ1) is 12.2. The van der Waals surface area contributed by atoms with E-state index in [0.29, 0.717) is 0 Å². The van der Waals surface area contributed by atoms with Crippen molar-refractivity contribution in [1.82, 2.24) is 15.3 Å². The fourth-order valence-corrected chi connectivity index (χ4v) is 2.82. The molecule has 0 atom stereocenters. The third-order valence-electron chi connectivity index (χ3n) is 4.12. The van der Waals surface area contributed by atoms with Gasteiger partial charge in [0.25, 0.3) is 0 Å². The Balaban J connectivity index is 1.42. The van der Waals surface area contributed by atoms with Gasteiger partial charge in [0.05, 0.1) is 12.4 Å². The Hall–Kier alpha value is -2.76. The van der Waals surface area contributed by atoms with Gasteiger partial charge in [-0.3, -0.25) is 4.79 Å². The molecule has 3 rings (SSSR count). The van der Waals surface area contributed by atoms with E-state index in [9.17, 15) is 9.18 Å². The molecule has 0 bridgehead atoms. The summed E-state index contributed by atoms with van der Waals surface area (Å²) in [5, 5.41) is 3.02. The standard InChI is InChI=1S/C19H20FN3O2/c20-15-12-21-19(22-13-15)25-17-9-7-16(8-10-17)23-18(24)11-6-14-4-2-1-3-5-14/h1-6,11-13,16-17H,7-10H2,(H,23,24)/b11-6+. The van der Waals surface area contributed by atoms with E-state index < -0.39 is 5.82 Å². The molecule has 1 saturated carbocycles. The Kier molecular flexibility index (Phi) is 5.72. The number of amides is 1. The number of benzene rings is 1. The third kappa shape index (κ3) is 5.38. The van der Waals surface area contributed by atoms with Crippen LogP contribution in [0.3, 0.4) is 0 Å². The Morgan fingerprint density at radius 2 is 1.80 bits per heavy atom. The van der Waals surface area contributed by atoms with Crippen molar-refractivity contribution in [3.8, 4) is 6.01 Å². The van der Waals surface area contributed by atoms with E-state index in [4.69, 9.17) is 4.74 Å². The highest BCUT2D eigenvalue weighted by molar-refractivity contribution is 5.91. The van der Waals surface area contributed by atoms with Crippen LogP contribution in [0.2, 0.25) is 0 Å². The second kappa shape index (κ2) is 8.37. The van der Waals surface area contributed by atoms with Gasteiger partial charge < -0.3 is 10.1 Å². The molecule has 1 amide bonds. The minimum atomic E-state index is -0.484. The SMILES string of the molecule is O=C(/C=C/c1ccccc1)NC1CCC(Oc2ncc(F)cn2)CC1. The quantitative estimate of drug-likeness (QED) is 0.849. The molecule has 2 aromatic rings. The van der Waals surface area contributed by atoms with Crippen molar-refractivity contribution in [2.45, 2.75) is 37.8 Å². The molecule has 130 valence electrons. The fourth-order valence-electron chi connectivity index (χ4n) is 2.82. The normalized spacial score (nSPS) is 20.4. The van der Waals surface area contributed by atoms with Crippen LogP contribution in [-0.2, 0) is 4.79 Å². The summed E-state index contributed by atoms with van der Waals surface area (Å²) in [6.45, 7) is 0. The van der Waals surface area contributed by atoms with E-state index in [-0.39, 0.29) is 24.1 Å². The van der Waals surface area contributed by atoms with Gasteiger partial charge in [0.15, 0.2) is 5.82 Å². The van der Waals surface area contributed by atoms with Crippen molar-refractivity contribution in [1.29, 1.82) is 0 Å². The summed E-state index contributed by atoms with van der Waals surface area (Å²) >= 11 is 0. The Labute approximate surface area is 146 Å². The van der Waals surface area contributed by atoms with Gasteiger partial charge in [-0.25, -0.2) is 14.4 Å². The fraction of sp³-hybridized carbons (Fsp3) is 0.316. The summed E-state index contributed by atoms with van der Waals surface area (Å²) in [5.41, 5.74) is 0.994. The minimum Gasteiger partial charge on any atom is -0.460 e. The van der Waals surface area contributed by atoms with Gasteiger partial charge in [-0.1, -0.05) is 30.3 Å². The van der Waals surface area contributed by atoms with Crippen molar-refractivity contribution >= 4 is 12.0 Å². The lowest BCUT2D eigenvalue weighted by molar-refractivity contribution is -0.117. The first kappa shape index (κ1) is 17.1. The van der Waals surface area contributed by atoms with Crippen molar-refractivity contribution < 1.29 is 13.9 Å². The van der Waals surface area contributed by atoms with Gasteiger partial charge in [0.1, 0.15) is 6.10 Å². The van der Waals surface area contributed by atoms with Gasteiger partial charge >= 0.3 is 6.01 Å². The van der Waals surface area contributed by atoms with Crippen molar-refractivity contribution in [3.63, 3.8) is 0 Å². The van der Waals surface area contributed by atoms with Crippen LogP contribution >= 0.6 is 0 Å². The molecule has 0 spiro atoms. The molecule has 0 radical (unpaired) electrons. The number of nitrogens with zero attached hydrogens (tertiary/aromatic N) is 2. The minimum absolute atomic E-state index is 0.00141. The highest BCUT2D eigenvalue weighted by Crippen LogP contribution is 2.22. The van der Waals surface area contributed by atoms with Crippen LogP contribution in [0.4, 0.5) is 4.39 Å². The molecule has 25 heavy (non-hydrogen) atoms. The van der Waals surface area contributed by atoms with Gasteiger partial charge in [0, 0.05) is 12.1 Å². The molecule has 1 aliphatic rings. The molecule has 5 nitrogen and oxygen atoms in total. The van der Waals surface area contributed by atoms with Crippen molar-refractivity contribution in [3.05, 3.63) is 60.2 Å². The van der Waals surface area contributed by atoms with E-state index in [2.05, 4.69) is 15.3 Å². The summed E-state index contributed by atoms with van der Waals surface area (Å²) in [4.78, 5) is 19.6. The molecule has 1 heterocycles. The zero-order valence-corrected chi connectivity index (χ0v) is 13.8. The number of hydrogen-bond acceptors (Lipinski definition) is 4. The molecule has 1 aromatic heterocycles. The molecule has 0 saturated heterocycles. The second-order valence-corrected chi connectivity index (χ2v) is 6.03. The number of hydrogen-bond donors (Lipinski definition) is 1. The second-order valence-electron chi connectivity index (χ2n) is 6.03. The number of aromatic nitrogens is 2. The first-order valence-corrected chi connectivity index (χ1v) is 8.37. The molecule has 1 N–H and O–H groups in total. The molecule has 1 aliphatic carbocycles. The van der Waals surface area contributed by atoms with Crippen LogP contribution in [0.25, 0.3) is 6.08 Å². The maximum atomic E-state index is 12.8. The number of ether oxygens (including phenoxy) is 1. The van der Waals surface area contributed by atoms with Crippen LogP contribution < -0.4 is 10.1 Å². The lowest BCUT2D eigenvalue weighted by atomic mass is 9.93. The smallest absolute Gasteiger partial charge is 0.316 e. The average molecular weight is 341 g/mol. The highest BCUT2D eigenvalue weighted by atomic mass is 19.1. The van der Waals surface area contributed by atoms with Crippen LogP contribution in [0.5, 0.6) is 6.01 Å². The topological polar surface area (TPSA) is 64.1 Å². The zero-order chi connectivity index (χ0) is 17.5. The summed E-state index contributed by atoms with van der Waals surface area (Å²) < 4.78 is 18.4. The number of nitrogens with one attached hydrogen (secondary N) is 1. The molecular weight excluding hydrogens is 321 g/mol. The maximum absolute atomic E-state index is 12.8. The first-order valence-electron chi connectivity index (χ1n) is 8.37. The predicted octanol–water partition coefficient (Wildman–Crippen LogP) is 3.14. The maximum Gasteiger partial charge on any atom is 0.316 e. The van der Waals surface area contributed by atoms with E-state index in [1.54, 1.807) is 12.2 Å². The molecular formula is C19H20FN3O2. The lowest BCUT2D eigenvalue weighted by Crippen LogP contribution is -2.39. The van der Waals surface area contributed by atoms with Crippen LogP contribution in [0.15, 0.2) is 48.8 Å². The highest BCUT2D eigenvalue weighted by Gasteiger charge is 2.23. The Bertz CT molecular complexity index is 711. The summed E-state index contributed by atoms with van der Waals surface area (Å²) in [6, 6.07) is 10.0. The van der Waals surface area contributed by atoms with Crippen LogP contribution in [-0.4, -0.2) is 28.0 Å². The van der Waals surface area contributed by atoms with E-state index in [1.165, 1.54) is 0 Å². The Morgan fingerprint density at radius 3 is 2.48 bits per heavy atom. The lowest BCUT2D eigenvalue weighted by Gasteiger charge is -2.28. The molecule has 0 aliphatic heterocycles. The number of halogens is 1. The van der Waals surface area contributed by atoms with E-state index >= 15 is 0 Å². The van der Waals surface area contributed by atoms with Gasteiger partial charge in [-0.15, -0.1) is 0 Å². The molecule has 1 fully saturated rings.